The predicted octanol–water partition coefficient (Wildman–Crippen LogP) is -1.45. The van der Waals surface area contributed by atoms with Gasteiger partial charge in [-0.3, -0.25) is 15.4 Å². The third-order valence-electron chi connectivity index (χ3n) is 1.29. The van der Waals surface area contributed by atoms with Gasteiger partial charge in [0.1, 0.15) is 6.04 Å². The molecule has 0 saturated carbocycles. The van der Waals surface area contributed by atoms with E-state index in [9.17, 15) is 9.59 Å². The van der Waals surface area contributed by atoms with Crippen molar-refractivity contribution in [3.05, 3.63) is 0 Å². The van der Waals surface area contributed by atoms with E-state index in [0.29, 0.717) is 0 Å². The summed E-state index contributed by atoms with van der Waals surface area (Å²) in [7, 11) is 2.44. The van der Waals surface area contributed by atoms with Gasteiger partial charge in [0.05, 0.1) is 20.6 Å². The SMILES string of the molecule is COC(=O)C[C@H](NN)C(=O)OC. The molecule has 0 bridgehead atoms. The van der Waals surface area contributed by atoms with E-state index in [1.807, 2.05) is 0 Å². The molecule has 0 unspecified atom stereocenters. The summed E-state index contributed by atoms with van der Waals surface area (Å²) >= 11 is 0. The van der Waals surface area contributed by atoms with Crippen LogP contribution in [0.4, 0.5) is 0 Å². The molecule has 0 aromatic heterocycles. The summed E-state index contributed by atoms with van der Waals surface area (Å²) in [5.74, 6) is 3.87. The Bertz CT molecular complexity index is 171. The van der Waals surface area contributed by atoms with Gasteiger partial charge >= 0.3 is 11.9 Å². The summed E-state index contributed by atoms with van der Waals surface area (Å²) in [5, 5.41) is 0. The van der Waals surface area contributed by atoms with Crippen molar-refractivity contribution in [2.45, 2.75) is 12.5 Å². The standard InChI is InChI=1S/C6H12N2O4/c1-11-5(9)3-4(8-7)6(10)12-2/h4,8H,3,7H2,1-2H3/t4-/m0/s1. The number of carbonyl (C=O) groups excluding carboxylic acids is 2. The van der Waals surface area contributed by atoms with E-state index in [1.165, 1.54) is 14.2 Å². The molecule has 0 aliphatic rings. The fraction of sp³-hybridized carbons (Fsp3) is 0.667. The minimum atomic E-state index is -0.845. The van der Waals surface area contributed by atoms with E-state index < -0.39 is 18.0 Å². The molecule has 0 aromatic rings. The van der Waals surface area contributed by atoms with Crippen LogP contribution in [0.25, 0.3) is 0 Å². The Labute approximate surface area is 70.0 Å². The van der Waals surface area contributed by atoms with Gasteiger partial charge in [-0.2, -0.15) is 0 Å². The summed E-state index contributed by atoms with van der Waals surface area (Å²) < 4.78 is 8.69. The molecule has 0 aliphatic heterocycles. The summed E-state index contributed by atoms with van der Waals surface area (Å²) in [4.78, 5) is 21.5. The monoisotopic (exact) mass is 176 g/mol. The average molecular weight is 176 g/mol. The Hall–Kier alpha value is -1.14. The first-order valence-electron chi connectivity index (χ1n) is 3.26. The number of rotatable bonds is 4. The predicted molar refractivity (Wildman–Crippen MR) is 39.8 cm³/mol. The number of hydrazine groups is 1. The number of esters is 2. The van der Waals surface area contributed by atoms with Crippen molar-refractivity contribution >= 4 is 11.9 Å². The molecule has 0 heterocycles. The minimum absolute atomic E-state index is 0.139. The van der Waals surface area contributed by atoms with Crippen molar-refractivity contribution in [2.24, 2.45) is 5.84 Å². The fourth-order valence-electron chi connectivity index (χ4n) is 0.603. The molecule has 0 aromatic carbocycles. The maximum atomic E-state index is 10.8. The molecule has 0 amide bonds. The van der Waals surface area contributed by atoms with Crippen LogP contribution in [0, 0.1) is 0 Å². The first-order chi connectivity index (χ1) is 5.65. The maximum absolute atomic E-state index is 10.8. The van der Waals surface area contributed by atoms with E-state index in [4.69, 9.17) is 5.84 Å². The molecule has 0 spiro atoms. The van der Waals surface area contributed by atoms with E-state index in [0.717, 1.165) is 0 Å². The summed E-state index contributed by atoms with van der Waals surface area (Å²) in [6, 6.07) is -0.845. The Morgan fingerprint density at radius 3 is 2.33 bits per heavy atom. The van der Waals surface area contributed by atoms with Gasteiger partial charge < -0.3 is 9.47 Å². The van der Waals surface area contributed by atoms with Crippen LogP contribution in [0.15, 0.2) is 0 Å². The first-order valence-corrected chi connectivity index (χ1v) is 3.26. The molecule has 0 aliphatic carbocycles. The van der Waals surface area contributed by atoms with Gasteiger partial charge in [-0.25, -0.2) is 5.43 Å². The van der Waals surface area contributed by atoms with Crippen molar-refractivity contribution < 1.29 is 19.1 Å². The molecular weight excluding hydrogens is 164 g/mol. The van der Waals surface area contributed by atoms with Gasteiger partial charge in [-0.15, -0.1) is 0 Å². The Kier molecular flexibility index (Phi) is 4.98. The van der Waals surface area contributed by atoms with Gasteiger partial charge in [0.2, 0.25) is 0 Å². The average Bonchev–Trinajstić information content (AvgIpc) is 2.12. The molecule has 0 rings (SSSR count). The van der Waals surface area contributed by atoms with Gasteiger partial charge in [0.15, 0.2) is 0 Å². The molecule has 3 N–H and O–H groups in total. The van der Waals surface area contributed by atoms with Crippen molar-refractivity contribution in [1.82, 2.24) is 5.43 Å². The van der Waals surface area contributed by atoms with Gasteiger partial charge in [-0.1, -0.05) is 0 Å². The Morgan fingerprint density at radius 2 is 2.00 bits per heavy atom. The second-order valence-electron chi connectivity index (χ2n) is 2.02. The lowest BCUT2D eigenvalue weighted by Gasteiger charge is -2.10. The zero-order valence-corrected chi connectivity index (χ0v) is 6.99. The molecule has 1 atom stereocenters. The number of carbonyl (C=O) groups is 2. The van der Waals surface area contributed by atoms with Gasteiger partial charge in [0.25, 0.3) is 0 Å². The van der Waals surface area contributed by atoms with Crippen LogP contribution in [0.1, 0.15) is 6.42 Å². The maximum Gasteiger partial charge on any atom is 0.324 e. The lowest BCUT2D eigenvalue weighted by Crippen LogP contribution is -2.43. The smallest absolute Gasteiger partial charge is 0.324 e. The van der Waals surface area contributed by atoms with E-state index in [1.54, 1.807) is 0 Å². The van der Waals surface area contributed by atoms with Crippen molar-refractivity contribution in [3.63, 3.8) is 0 Å². The van der Waals surface area contributed by atoms with Crippen LogP contribution in [0.3, 0.4) is 0 Å². The number of ether oxygens (including phenoxy) is 2. The topological polar surface area (TPSA) is 90.6 Å². The third kappa shape index (κ3) is 3.31. The summed E-state index contributed by atoms with van der Waals surface area (Å²) in [6.45, 7) is 0. The second kappa shape index (κ2) is 5.50. The van der Waals surface area contributed by atoms with Crippen molar-refractivity contribution in [1.29, 1.82) is 0 Å². The first kappa shape index (κ1) is 10.9. The number of nitrogens with two attached hydrogens (primary N) is 1. The fourth-order valence-corrected chi connectivity index (χ4v) is 0.603. The quantitative estimate of drug-likeness (QED) is 0.309. The van der Waals surface area contributed by atoms with E-state index in [2.05, 4.69) is 14.9 Å². The number of nitrogens with one attached hydrogen (secondary N) is 1. The number of methoxy groups -OCH3 is 2. The van der Waals surface area contributed by atoms with Crippen LogP contribution in [0.2, 0.25) is 0 Å². The molecular formula is C6H12N2O4. The Balaban J connectivity index is 3.99. The molecule has 0 radical (unpaired) electrons. The second-order valence-corrected chi connectivity index (χ2v) is 2.02. The molecule has 70 valence electrons. The summed E-state index contributed by atoms with van der Waals surface area (Å²) in [6.07, 6.45) is -0.139. The lowest BCUT2D eigenvalue weighted by molar-refractivity contribution is -0.149. The molecule has 6 nitrogen and oxygen atoms in total. The minimum Gasteiger partial charge on any atom is -0.469 e. The van der Waals surface area contributed by atoms with Gasteiger partial charge in [-0.05, 0) is 0 Å². The van der Waals surface area contributed by atoms with E-state index >= 15 is 0 Å². The highest BCUT2D eigenvalue weighted by Gasteiger charge is 2.21. The van der Waals surface area contributed by atoms with Crippen molar-refractivity contribution in [3.8, 4) is 0 Å². The summed E-state index contributed by atoms with van der Waals surface area (Å²) in [5.41, 5.74) is 2.14. The van der Waals surface area contributed by atoms with Crippen LogP contribution >= 0.6 is 0 Å². The third-order valence-corrected chi connectivity index (χ3v) is 1.29. The van der Waals surface area contributed by atoms with Crippen LogP contribution in [0.5, 0.6) is 0 Å². The molecule has 12 heavy (non-hydrogen) atoms. The highest BCUT2D eigenvalue weighted by Crippen LogP contribution is 1.94. The molecule has 0 saturated heterocycles. The number of hydrogen-bond donors (Lipinski definition) is 2. The van der Waals surface area contributed by atoms with Crippen molar-refractivity contribution in [2.75, 3.05) is 14.2 Å². The molecule has 0 fully saturated rings. The van der Waals surface area contributed by atoms with Crippen LogP contribution < -0.4 is 11.3 Å². The van der Waals surface area contributed by atoms with Crippen LogP contribution in [-0.2, 0) is 19.1 Å². The highest BCUT2D eigenvalue weighted by atomic mass is 16.5. The lowest BCUT2D eigenvalue weighted by atomic mass is 10.2. The van der Waals surface area contributed by atoms with Gasteiger partial charge in [0, 0.05) is 0 Å². The zero-order valence-electron chi connectivity index (χ0n) is 6.99. The highest BCUT2D eigenvalue weighted by molar-refractivity contribution is 5.82. The number of hydrogen-bond acceptors (Lipinski definition) is 6. The Morgan fingerprint density at radius 1 is 1.42 bits per heavy atom. The zero-order chi connectivity index (χ0) is 9.56. The van der Waals surface area contributed by atoms with E-state index in [-0.39, 0.29) is 6.42 Å². The van der Waals surface area contributed by atoms with Crippen LogP contribution in [-0.4, -0.2) is 32.2 Å². The molecule has 6 heteroatoms. The largest absolute Gasteiger partial charge is 0.469 e. The normalized spacial score (nSPS) is 11.9.